The molecule has 0 nitrogen and oxygen atoms in total. The molecule has 63 heavy (non-hydrogen) atoms. The predicted octanol–water partition coefficient (Wildman–Crippen LogP) is 17.3. The van der Waals surface area contributed by atoms with Crippen LogP contribution in [0.4, 0.5) is 0 Å². The van der Waals surface area contributed by atoms with E-state index < -0.39 is 0 Å². The molecule has 10 aromatic carbocycles. The molecule has 3 aliphatic carbocycles. The molecule has 0 saturated carbocycles. The molecule has 0 heteroatoms. The first kappa shape index (κ1) is 36.9. The first-order valence-electron chi connectivity index (χ1n) is 23.1. The van der Waals surface area contributed by atoms with Crippen molar-refractivity contribution in [3.63, 3.8) is 0 Å². The second-order valence-corrected chi connectivity index (χ2v) is 19.9. The molecule has 0 fully saturated rings. The van der Waals surface area contributed by atoms with Crippen LogP contribution in [0.1, 0.15) is 87.8 Å². The molecule has 0 amide bonds. The van der Waals surface area contributed by atoms with Crippen LogP contribution in [0.5, 0.6) is 0 Å². The Morgan fingerprint density at radius 3 is 1.27 bits per heavy atom. The molecule has 302 valence electrons. The highest BCUT2D eigenvalue weighted by Gasteiger charge is 2.42. The maximum absolute atomic E-state index is 2.54. The smallest absolute Gasteiger partial charge is 0.0210 e. The Bertz CT molecular complexity index is 3580. The van der Waals surface area contributed by atoms with Crippen LogP contribution in [0.15, 0.2) is 170 Å². The minimum Gasteiger partial charge on any atom is -0.0642 e. The van der Waals surface area contributed by atoms with Gasteiger partial charge in [0.1, 0.15) is 0 Å². The Morgan fingerprint density at radius 2 is 0.714 bits per heavy atom. The lowest BCUT2D eigenvalue weighted by atomic mass is 9.73. The van der Waals surface area contributed by atoms with Crippen molar-refractivity contribution in [2.75, 3.05) is 0 Å². The lowest BCUT2D eigenvalue weighted by Crippen LogP contribution is -2.23. The summed E-state index contributed by atoms with van der Waals surface area (Å²) in [6.45, 7) is 14.4. The van der Waals surface area contributed by atoms with E-state index in [4.69, 9.17) is 0 Å². The highest BCUT2D eigenvalue weighted by atomic mass is 14.4. The summed E-state index contributed by atoms with van der Waals surface area (Å²) in [5.74, 6) is 0. The van der Waals surface area contributed by atoms with Crippen LogP contribution in [0, 0.1) is 0 Å². The summed E-state index contributed by atoms with van der Waals surface area (Å²) in [6.07, 6.45) is 2.12. The van der Waals surface area contributed by atoms with Crippen LogP contribution in [-0.4, -0.2) is 0 Å². The molecule has 0 bridgehead atoms. The number of rotatable bonds is 5. The van der Waals surface area contributed by atoms with E-state index >= 15 is 0 Å². The van der Waals surface area contributed by atoms with Crippen molar-refractivity contribution >= 4 is 32.3 Å². The van der Waals surface area contributed by atoms with Crippen molar-refractivity contribution < 1.29 is 0 Å². The number of benzene rings is 10. The fraction of sp³-hybridized carbons (Fsp3) is 0.175. The second kappa shape index (κ2) is 12.7. The third-order valence-corrected chi connectivity index (χ3v) is 16.3. The van der Waals surface area contributed by atoms with Gasteiger partial charge in [0.05, 0.1) is 0 Å². The summed E-state index contributed by atoms with van der Waals surface area (Å²) < 4.78 is 0. The topological polar surface area (TPSA) is 0 Å². The van der Waals surface area contributed by atoms with E-state index in [0.29, 0.717) is 0 Å². The molecule has 13 rings (SSSR count). The van der Waals surface area contributed by atoms with Gasteiger partial charge in [-0.15, -0.1) is 0 Å². The minimum absolute atomic E-state index is 0.0216. The van der Waals surface area contributed by atoms with Crippen LogP contribution in [0.2, 0.25) is 0 Å². The van der Waals surface area contributed by atoms with E-state index in [1.54, 1.807) is 0 Å². The Hall–Kier alpha value is -6.76. The molecular formula is C63H50. The highest BCUT2D eigenvalue weighted by Crippen LogP contribution is 2.56. The van der Waals surface area contributed by atoms with Crippen molar-refractivity contribution in [3.05, 3.63) is 203 Å². The first-order valence-corrected chi connectivity index (χ1v) is 23.1. The van der Waals surface area contributed by atoms with Gasteiger partial charge in [-0.3, -0.25) is 0 Å². The quantitative estimate of drug-likeness (QED) is 0.152. The standard InChI is InChI=1S/C63H50/c1-7-63(8-2)57-34-41(39-21-26-46-45-16-9-10-18-53(45)61(3,4)54(46)32-39)23-28-49(57)50-29-24-42(35-58(50)63)40-22-27-47-48-30-25-43(36-56(48)62(5,6)55(47)33-40)52-31-44-15-11-13-37-19-20-38-14-12-17-51(52)60(38)59(37)44/h9-36H,7-8H2,1-6H3. The van der Waals surface area contributed by atoms with Gasteiger partial charge in [-0.1, -0.05) is 175 Å². The lowest BCUT2D eigenvalue weighted by molar-refractivity contribution is 0.491. The van der Waals surface area contributed by atoms with Gasteiger partial charge in [-0.25, -0.2) is 0 Å². The van der Waals surface area contributed by atoms with E-state index in [0.717, 1.165) is 12.8 Å². The summed E-state index contributed by atoms with van der Waals surface area (Å²) in [4.78, 5) is 0. The predicted molar refractivity (Wildman–Crippen MR) is 268 cm³/mol. The second-order valence-electron chi connectivity index (χ2n) is 19.9. The average molecular weight is 807 g/mol. The van der Waals surface area contributed by atoms with E-state index in [2.05, 4.69) is 211 Å². The Morgan fingerprint density at radius 1 is 0.302 bits per heavy atom. The number of fused-ring (bicyclic) bond motifs is 9. The van der Waals surface area contributed by atoms with Crippen LogP contribution in [-0.2, 0) is 16.2 Å². The Balaban J connectivity index is 0.868. The zero-order valence-corrected chi connectivity index (χ0v) is 37.1. The van der Waals surface area contributed by atoms with Gasteiger partial charge in [0, 0.05) is 16.2 Å². The van der Waals surface area contributed by atoms with E-state index in [-0.39, 0.29) is 16.2 Å². The molecule has 0 aliphatic heterocycles. The average Bonchev–Trinajstić information content (AvgIpc) is 3.83. The minimum atomic E-state index is -0.147. The summed E-state index contributed by atoms with van der Waals surface area (Å²) >= 11 is 0. The largest absolute Gasteiger partial charge is 0.0642 e. The van der Waals surface area contributed by atoms with Gasteiger partial charge in [0.25, 0.3) is 0 Å². The molecule has 0 atom stereocenters. The van der Waals surface area contributed by atoms with Gasteiger partial charge >= 0.3 is 0 Å². The number of hydrogen-bond acceptors (Lipinski definition) is 0. The molecule has 3 aliphatic rings. The SMILES string of the molecule is CCC1(CC)c2cc(-c3ccc4c(c3)C(C)(C)c3ccccc3-4)ccc2-c2ccc(-c3ccc4c(c3)C(C)(C)c3cc(-c5cc6cccc7ccc8cccc5c8c76)ccc3-4)cc21. The fourth-order valence-corrected chi connectivity index (χ4v) is 12.8. The van der Waals surface area contributed by atoms with Gasteiger partial charge in [-0.05, 0) is 182 Å². The third-order valence-electron chi connectivity index (χ3n) is 16.3. The number of hydrogen-bond donors (Lipinski definition) is 0. The molecule has 0 heterocycles. The molecular weight excluding hydrogens is 757 g/mol. The van der Waals surface area contributed by atoms with E-state index in [9.17, 15) is 0 Å². The van der Waals surface area contributed by atoms with Crippen molar-refractivity contribution in [2.45, 2.75) is 70.6 Å². The van der Waals surface area contributed by atoms with E-state index in [1.807, 2.05) is 0 Å². The zero-order valence-electron chi connectivity index (χ0n) is 37.1. The Labute approximate surface area is 371 Å². The Kier molecular flexibility index (Phi) is 7.41. The molecule has 0 aromatic heterocycles. The van der Waals surface area contributed by atoms with Crippen LogP contribution in [0.3, 0.4) is 0 Å². The fourth-order valence-electron chi connectivity index (χ4n) is 12.8. The van der Waals surface area contributed by atoms with Gasteiger partial charge in [0.2, 0.25) is 0 Å². The maximum atomic E-state index is 2.54. The maximum Gasteiger partial charge on any atom is 0.0210 e. The van der Waals surface area contributed by atoms with Crippen LogP contribution >= 0.6 is 0 Å². The van der Waals surface area contributed by atoms with Crippen LogP contribution < -0.4 is 0 Å². The van der Waals surface area contributed by atoms with E-state index in [1.165, 1.54) is 132 Å². The normalized spacial score (nSPS) is 15.7. The monoisotopic (exact) mass is 806 g/mol. The van der Waals surface area contributed by atoms with Gasteiger partial charge in [-0.2, -0.15) is 0 Å². The first-order chi connectivity index (χ1) is 30.6. The van der Waals surface area contributed by atoms with Gasteiger partial charge in [0.15, 0.2) is 0 Å². The summed E-state index contributed by atoms with van der Waals surface area (Å²) in [6, 6.07) is 65.8. The summed E-state index contributed by atoms with van der Waals surface area (Å²) in [5, 5.41) is 8.00. The molecule has 0 radical (unpaired) electrons. The lowest BCUT2D eigenvalue weighted by Gasteiger charge is -2.30. The molecule has 10 aromatic rings. The third kappa shape index (κ3) is 4.82. The van der Waals surface area contributed by atoms with Crippen molar-refractivity contribution in [3.8, 4) is 66.8 Å². The zero-order chi connectivity index (χ0) is 42.6. The summed E-state index contributed by atoms with van der Waals surface area (Å²) in [5.41, 5.74) is 24.5. The van der Waals surface area contributed by atoms with Gasteiger partial charge < -0.3 is 0 Å². The summed E-state index contributed by atoms with van der Waals surface area (Å²) in [7, 11) is 0. The van der Waals surface area contributed by atoms with Crippen molar-refractivity contribution in [1.29, 1.82) is 0 Å². The molecule has 0 N–H and O–H groups in total. The van der Waals surface area contributed by atoms with Crippen molar-refractivity contribution in [1.82, 2.24) is 0 Å². The molecule has 0 saturated heterocycles. The van der Waals surface area contributed by atoms with Crippen molar-refractivity contribution in [2.24, 2.45) is 0 Å². The van der Waals surface area contributed by atoms with Crippen LogP contribution in [0.25, 0.3) is 99.1 Å². The highest BCUT2D eigenvalue weighted by molar-refractivity contribution is 6.26. The molecule has 0 spiro atoms. The molecule has 0 unspecified atom stereocenters.